The molecule has 1 aromatic rings. The lowest BCUT2D eigenvalue weighted by Crippen LogP contribution is -2.45. The third kappa shape index (κ3) is 3.77. The third-order valence-corrected chi connectivity index (χ3v) is 4.39. The molecule has 108 valence electrons. The topological polar surface area (TPSA) is 41.1 Å². The van der Waals surface area contributed by atoms with Gasteiger partial charge in [0.2, 0.25) is 0 Å². The van der Waals surface area contributed by atoms with Crippen LogP contribution < -0.4 is 10.6 Å². The molecule has 2 N–H and O–H groups in total. The molecule has 20 heavy (non-hydrogen) atoms. The first-order valence-electron chi connectivity index (χ1n) is 6.96. The molecular formula is C17H24N2O. The molecule has 1 aliphatic carbocycles. The molecule has 3 nitrogen and oxygen atoms in total. The Bertz CT molecular complexity index is 451. The average molecular weight is 272 g/mol. The number of para-hydroxylation sites is 1. The van der Waals surface area contributed by atoms with Crippen molar-refractivity contribution in [3.63, 3.8) is 0 Å². The first-order valence-corrected chi connectivity index (χ1v) is 6.96. The summed E-state index contributed by atoms with van der Waals surface area (Å²) in [6.45, 7) is 6.73. The molecule has 3 heteroatoms. The van der Waals surface area contributed by atoms with E-state index in [9.17, 15) is 4.79 Å². The van der Waals surface area contributed by atoms with Crippen LogP contribution in [0.3, 0.4) is 0 Å². The molecular weight excluding hydrogens is 248 g/mol. The van der Waals surface area contributed by atoms with E-state index in [0.717, 1.165) is 12.1 Å². The lowest BCUT2D eigenvalue weighted by molar-refractivity contribution is 0.210. The normalized spacial score (nSPS) is 23.2. The average Bonchev–Trinajstić information content (AvgIpc) is 2.69. The predicted octanol–water partition coefficient (Wildman–Crippen LogP) is 3.88. The summed E-state index contributed by atoms with van der Waals surface area (Å²) in [7, 11) is 0. The number of carbonyl (C=O) groups excluding carboxylic acids is 1. The molecule has 0 aliphatic heterocycles. The SMILES string of the molecule is C#C.CC1CC[C@H](NC(=O)Nc2ccccc2)C1(C)C. The monoisotopic (exact) mass is 272 g/mol. The number of urea groups is 1. The van der Waals surface area contributed by atoms with Crippen LogP contribution in [0.25, 0.3) is 0 Å². The van der Waals surface area contributed by atoms with Crippen LogP contribution in [0.4, 0.5) is 10.5 Å². The van der Waals surface area contributed by atoms with Crippen LogP contribution in [-0.2, 0) is 0 Å². The maximum atomic E-state index is 11.9. The van der Waals surface area contributed by atoms with E-state index in [1.54, 1.807) is 0 Å². The second-order valence-electron chi connectivity index (χ2n) is 5.82. The fourth-order valence-electron chi connectivity index (χ4n) is 2.61. The van der Waals surface area contributed by atoms with Crippen LogP contribution >= 0.6 is 0 Å². The number of benzene rings is 1. The lowest BCUT2D eigenvalue weighted by atomic mass is 9.80. The van der Waals surface area contributed by atoms with Gasteiger partial charge in [-0.15, -0.1) is 12.8 Å². The Labute approximate surface area is 122 Å². The van der Waals surface area contributed by atoms with Crippen molar-refractivity contribution in [3.05, 3.63) is 30.3 Å². The van der Waals surface area contributed by atoms with Gasteiger partial charge in [0.15, 0.2) is 0 Å². The molecule has 0 spiro atoms. The number of nitrogens with one attached hydrogen (secondary N) is 2. The zero-order valence-corrected chi connectivity index (χ0v) is 12.5. The van der Waals surface area contributed by atoms with Gasteiger partial charge in [-0.05, 0) is 36.3 Å². The number of terminal acetylenes is 1. The van der Waals surface area contributed by atoms with E-state index < -0.39 is 0 Å². The van der Waals surface area contributed by atoms with Crippen LogP contribution in [-0.4, -0.2) is 12.1 Å². The highest BCUT2D eigenvalue weighted by Gasteiger charge is 2.41. The minimum Gasteiger partial charge on any atom is -0.335 e. The molecule has 1 aromatic carbocycles. The summed E-state index contributed by atoms with van der Waals surface area (Å²) in [5.41, 5.74) is 1.01. The van der Waals surface area contributed by atoms with Crippen molar-refractivity contribution in [2.75, 3.05) is 5.32 Å². The fraction of sp³-hybridized carbons (Fsp3) is 0.471. The highest BCUT2D eigenvalue weighted by molar-refractivity contribution is 5.89. The van der Waals surface area contributed by atoms with Gasteiger partial charge in [0.05, 0.1) is 0 Å². The van der Waals surface area contributed by atoms with Gasteiger partial charge in [-0.2, -0.15) is 0 Å². The zero-order valence-electron chi connectivity index (χ0n) is 12.5. The molecule has 0 bridgehead atoms. The van der Waals surface area contributed by atoms with E-state index in [1.165, 1.54) is 6.42 Å². The minimum absolute atomic E-state index is 0.103. The molecule has 2 rings (SSSR count). The van der Waals surface area contributed by atoms with Crippen molar-refractivity contribution in [1.29, 1.82) is 0 Å². The van der Waals surface area contributed by atoms with Gasteiger partial charge in [0, 0.05) is 11.7 Å². The Hall–Kier alpha value is -1.95. The standard InChI is InChI=1S/C15H22N2O.C2H2/c1-11-9-10-13(15(11,2)3)17-14(18)16-12-7-5-4-6-8-12;1-2/h4-8,11,13H,9-10H2,1-3H3,(H2,16,17,18);1-2H/t11?,13-;/m0./s1. The summed E-state index contributed by atoms with van der Waals surface area (Å²) < 4.78 is 0. The number of hydrogen-bond donors (Lipinski definition) is 2. The van der Waals surface area contributed by atoms with E-state index in [0.29, 0.717) is 5.92 Å². The highest BCUT2D eigenvalue weighted by Crippen LogP contribution is 2.42. The molecule has 0 saturated heterocycles. The second-order valence-corrected chi connectivity index (χ2v) is 5.82. The van der Waals surface area contributed by atoms with Crippen molar-refractivity contribution in [3.8, 4) is 12.8 Å². The third-order valence-electron chi connectivity index (χ3n) is 4.39. The first-order chi connectivity index (χ1) is 9.50. The Balaban J connectivity index is 0.000000956. The van der Waals surface area contributed by atoms with Gasteiger partial charge < -0.3 is 10.6 Å². The van der Waals surface area contributed by atoms with Crippen molar-refractivity contribution >= 4 is 11.7 Å². The molecule has 1 unspecified atom stereocenters. The zero-order chi connectivity index (χ0) is 15.2. The highest BCUT2D eigenvalue weighted by atomic mass is 16.2. The van der Waals surface area contributed by atoms with Gasteiger partial charge in [-0.25, -0.2) is 4.79 Å². The van der Waals surface area contributed by atoms with Crippen LogP contribution in [0.1, 0.15) is 33.6 Å². The fourth-order valence-corrected chi connectivity index (χ4v) is 2.61. The predicted molar refractivity (Wildman–Crippen MR) is 84.5 cm³/mol. The van der Waals surface area contributed by atoms with Crippen LogP contribution in [0, 0.1) is 24.2 Å². The minimum atomic E-state index is -0.103. The molecule has 1 saturated carbocycles. The molecule has 0 heterocycles. The Morgan fingerprint density at radius 3 is 2.30 bits per heavy atom. The number of hydrogen-bond acceptors (Lipinski definition) is 1. The summed E-state index contributed by atoms with van der Waals surface area (Å²) in [5.74, 6) is 0.652. The van der Waals surface area contributed by atoms with Gasteiger partial charge in [0.1, 0.15) is 0 Å². The van der Waals surface area contributed by atoms with E-state index in [-0.39, 0.29) is 17.5 Å². The first kappa shape index (κ1) is 16.1. The van der Waals surface area contributed by atoms with E-state index in [1.807, 2.05) is 30.3 Å². The van der Waals surface area contributed by atoms with E-state index in [2.05, 4.69) is 44.3 Å². The summed E-state index contributed by atoms with van der Waals surface area (Å²) in [4.78, 5) is 11.9. The molecule has 1 aliphatic rings. The van der Waals surface area contributed by atoms with Crippen molar-refractivity contribution in [2.24, 2.45) is 11.3 Å². The smallest absolute Gasteiger partial charge is 0.319 e. The lowest BCUT2D eigenvalue weighted by Gasteiger charge is -2.31. The Morgan fingerprint density at radius 1 is 1.20 bits per heavy atom. The van der Waals surface area contributed by atoms with Gasteiger partial charge >= 0.3 is 6.03 Å². The van der Waals surface area contributed by atoms with Gasteiger partial charge in [-0.1, -0.05) is 39.0 Å². The number of rotatable bonds is 2. The molecule has 0 aromatic heterocycles. The Kier molecular flexibility index (Phi) is 5.64. The maximum Gasteiger partial charge on any atom is 0.319 e. The van der Waals surface area contributed by atoms with Crippen LogP contribution in [0.5, 0.6) is 0 Å². The van der Waals surface area contributed by atoms with E-state index >= 15 is 0 Å². The van der Waals surface area contributed by atoms with Crippen LogP contribution in [0.2, 0.25) is 0 Å². The summed E-state index contributed by atoms with van der Waals surface area (Å²) in [6, 6.07) is 9.70. The maximum absolute atomic E-state index is 11.9. The summed E-state index contributed by atoms with van der Waals surface area (Å²) >= 11 is 0. The number of anilines is 1. The van der Waals surface area contributed by atoms with Crippen LogP contribution in [0.15, 0.2) is 30.3 Å². The Morgan fingerprint density at radius 2 is 1.80 bits per heavy atom. The van der Waals surface area contributed by atoms with Crippen molar-refractivity contribution < 1.29 is 4.79 Å². The van der Waals surface area contributed by atoms with E-state index in [4.69, 9.17) is 0 Å². The summed E-state index contributed by atoms with van der Waals surface area (Å²) in [5, 5.41) is 5.97. The second kappa shape index (κ2) is 7.00. The van der Waals surface area contributed by atoms with Crippen molar-refractivity contribution in [2.45, 2.75) is 39.7 Å². The molecule has 1 fully saturated rings. The largest absolute Gasteiger partial charge is 0.335 e. The number of amides is 2. The molecule has 2 atom stereocenters. The van der Waals surface area contributed by atoms with Gasteiger partial charge in [-0.3, -0.25) is 0 Å². The quantitative estimate of drug-likeness (QED) is 0.788. The molecule has 2 amide bonds. The molecule has 0 radical (unpaired) electrons. The van der Waals surface area contributed by atoms with Gasteiger partial charge in [0.25, 0.3) is 0 Å². The number of carbonyl (C=O) groups is 1. The van der Waals surface area contributed by atoms with Crippen molar-refractivity contribution in [1.82, 2.24) is 5.32 Å². The summed E-state index contributed by atoms with van der Waals surface area (Å²) in [6.07, 6.45) is 10.2.